The molecule has 6 heteroatoms. The van der Waals surface area contributed by atoms with E-state index in [4.69, 9.17) is 9.47 Å². The molecule has 0 spiro atoms. The molecule has 0 aromatic rings. The van der Waals surface area contributed by atoms with Gasteiger partial charge in [-0.1, -0.05) is 115 Å². The molecule has 43 heavy (non-hydrogen) atoms. The molecule has 250 valence electrons. The second kappa shape index (κ2) is 24.1. The third kappa shape index (κ3) is 17.8. The topological polar surface area (TPSA) is 96.2 Å². The lowest BCUT2D eigenvalue weighted by atomic mass is 10.00. The summed E-state index contributed by atoms with van der Waals surface area (Å²) in [6.45, 7) is 4.10. The number of carbonyl (C=O) groups is 1. The Balaban J connectivity index is 1.38. The van der Waals surface area contributed by atoms with Crippen LogP contribution in [0.15, 0.2) is 23.8 Å². The summed E-state index contributed by atoms with van der Waals surface area (Å²) < 4.78 is 11.2. The van der Waals surface area contributed by atoms with Crippen molar-refractivity contribution in [3.63, 3.8) is 0 Å². The smallest absolute Gasteiger partial charge is 0.334 e. The Morgan fingerprint density at radius 2 is 1.23 bits per heavy atom. The number of rotatable bonds is 27. The first-order chi connectivity index (χ1) is 20.9. The van der Waals surface area contributed by atoms with Gasteiger partial charge in [-0.15, -0.1) is 0 Å². The molecular formula is C37H66O6. The van der Waals surface area contributed by atoms with E-state index in [1.165, 1.54) is 77.0 Å². The van der Waals surface area contributed by atoms with Gasteiger partial charge < -0.3 is 24.8 Å². The lowest BCUT2D eigenvalue weighted by molar-refractivity contribution is -0.139. The number of hydrogen-bond acceptors (Lipinski definition) is 6. The van der Waals surface area contributed by atoms with Gasteiger partial charge in [-0.2, -0.15) is 0 Å². The zero-order chi connectivity index (χ0) is 31.1. The van der Waals surface area contributed by atoms with Gasteiger partial charge in [0.2, 0.25) is 0 Å². The van der Waals surface area contributed by atoms with E-state index in [0.717, 1.165) is 70.6 Å². The van der Waals surface area contributed by atoms with E-state index in [1.54, 1.807) is 0 Å². The second-order valence-corrected chi connectivity index (χ2v) is 13.3. The lowest BCUT2D eigenvalue weighted by Crippen LogP contribution is -2.30. The molecule has 2 rings (SSSR count). The van der Waals surface area contributed by atoms with Crippen molar-refractivity contribution in [1.29, 1.82) is 0 Å². The molecule has 3 N–H and O–H groups in total. The summed E-state index contributed by atoms with van der Waals surface area (Å²) in [4.78, 5) is 11.6. The molecule has 6 nitrogen and oxygen atoms in total. The predicted octanol–water partition coefficient (Wildman–Crippen LogP) is 8.65. The molecule has 6 atom stereocenters. The van der Waals surface area contributed by atoms with Crippen molar-refractivity contribution in [3.05, 3.63) is 23.8 Å². The number of allylic oxidation sites excluding steroid dienone is 2. The Kier molecular flexibility index (Phi) is 21.3. The van der Waals surface area contributed by atoms with Crippen molar-refractivity contribution in [1.82, 2.24) is 0 Å². The van der Waals surface area contributed by atoms with Crippen LogP contribution in [-0.2, 0) is 14.3 Å². The van der Waals surface area contributed by atoms with E-state index < -0.39 is 18.3 Å². The molecule has 2 aliphatic heterocycles. The van der Waals surface area contributed by atoms with Crippen LogP contribution >= 0.6 is 0 Å². The summed E-state index contributed by atoms with van der Waals surface area (Å²) >= 11 is 0. The van der Waals surface area contributed by atoms with Gasteiger partial charge in [-0.3, -0.25) is 0 Å². The molecular weight excluding hydrogens is 540 g/mol. The summed E-state index contributed by atoms with van der Waals surface area (Å²) in [5, 5.41) is 31.4. The highest BCUT2D eigenvalue weighted by Gasteiger charge is 2.34. The summed E-state index contributed by atoms with van der Waals surface area (Å²) in [5.74, 6) is -0.282. The number of ether oxygens (including phenoxy) is 2. The van der Waals surface area contributed by atoms with Crippen LogP contribution in [0.3, 0.4) is 0 Å². The van der Waals surface area contributed by atoms with E-state index in [9.17, 15) is 20.1 Å². The van der Waals surface area contributed by atoms with Crippen molar-refractivity contribution in [2.75, 3.05) is 0 Å². The van der Waals surface area contributed by atoms with Crippen LogP contribution in [0.2, 0.25) is 0 Å². The molecule has 0 aromatic heterocycles. The fourth-order valence-corrected chi connectivity index (χ4v) is 6.46. The van der Waals surface area contributed by atoms with E-state index in [-0.39, 0.29) is 24.3 Å². The molecule has 1 saturated heterocycles. The van der Waals surface area contributed by atoms with Gasteiger partial charge in [-0.05, 0) is 64.4 Å². The average molecular weight is 607 g/mol. The maximum atomic E-state index is 11.6. The minimum Gasteiger partial charge on any atom is -0.455 e. The van der Waals surface area contributed by atoms with Crippen LogP contribution in [0, 0.1) is 0 Å². The van der Waals surface area contributed by atoms with Gasteiger partial charge in [0.1, 0.15) is 6.10 Å². The van der Waals surface area contributed by atoms with Gasteiger partial charge in [0.05, 0.1) is 30.5 Å². The van der Waals surface area contributed by atoms with Crippen LogP contribution in [-0.4, -0.2) is 57.9 Å². The van der Waals surface area contributed by atoms with Crippen molar-refractivity contribution in [2.24, 2.45) is 0 Å². The van der Waals surface area contributed by atoms with E-state index in [2.05, 4.69) is 19.1 Å². The third-order valence-corrected chi connectivity index (χ3v) is 9.20. The Morgan fingerprint density at radius 1 is 0.721 bits per heavy atom. The normalized spacial score (nSPS) is 22.7. The minimum atomic E-state index is -0.464. The number of aliphatic hydroxyl groups excluding tert-OH is 3. The molecule has 0 bridgehead atoms. The monoisotopic (exact) mass is 606 g/mol. The predicted molar refractivity (Wildman–Crippen MR) is 176 cm³/mol. The number of aliphatic hydroxyl groups is 3. The van der Waals surface area contributed by atoms with Crippen LogP contribution < -0.4 is 0 Å². The van der Waals surface area contributed by atoms with Crippen molar-refractivity contribution >= 4 is 5.97 Å². The maximum absolute atomic E-state index is 11.6. The van der Waals surface area contributed by atoms with Gasteiger partial charge in [0.15, 0.2) is 0 Å². The maximum Gasteiger partial charge on any atom is 0.334 e. The SMILES string of the molecule is CCCCCCCCCC/C=C\CC[C@@H](O)[C@@H]1CC[C@H]([C@H](O)CCCCCCCCCC[C@@H](O)CC2=C[C@H](C)OC2=O)O1. The number of unbranched alkanes of at least 4 members (excludes halogenated alkanes) is 15. The Hall–Kier alpha value is -1.21. The minimum absolute atomic E-state index is 0.133. The number of hydrogen-bond donors (Lipinski definition) is 3. The number of carbonyl (C=O) groups excluding carboxylic acids is 1. The highest BCUT2D eigenvalue weighted by molar-refractivity contribution is 5.90. The largest absolute Gasteiger partial charge is 0.455 e. The summed E-state index contributed by atoms with van der Waals surface area (Å²) in [7, 11) is 0. The first-order valence-electron chi connectivity index (χ1n) is 18.2. The molecule has 0 aromatic carbocycles. The van der Waals surface area contributed by atoms with Gasteiger partial charge in [0, 0.05) is 12.0 Å². The van der Waals surface area contributed by atoms with E-state index >= 15 is 0 Å². The molecule has 0 radical (unpaired) electrons. The third-order valence-electron chi connectivity index (χ3n) is 9.20. The fraction of sp³-hybridized carbons (Fsp3) is 0.865. The Bertz CT molecular complexity index is 764. The van der Waals surface area contributed by atoms with Crippen molar-refractivity contribution in [3.8, 4) is 0 Å². The average Bonchev–Trinajstić information content (AvgIpc) is 3.60. The zero-order valence-electron chi connectivity index (χ0n) is 27.7. The van der Waals surface area contributed by atoms with E-state index in [0.29, 0.717) is 12.0 Å². The van der Waals surface area contributed by atoms with Crippen LogP contribution in [0.1, 0.15) is 168 Å². The molecule has 2 aliphatic rings. The van der Waals surface area contributed by atoms with Crippen LogP contribution in [0.25, 0.3) is 0 Å². The first-order valence-corrected chi connectivity index (χ1v) is 18.2. The van der Waals surface area contributed by atoms with Crippen molar-refractivity contribution < 1.29 is 29.6 Å². The molecule has 0 aliphatic carbocycles. The highest BCUT2D eigenvalue weighted by atomic mass is 16.5. The Morgan fingerprint density at radius 3 is 1.81 bits per heavy atom. The number of esters is 1. The Labute approximate surface area is 263 Å². The second-order valence-electron chi connectivity index (χ2n) is 13.3. The quantitative estimate of drug-likeness (QED) is 0.0492. The molecule has 2 heterocycles. The standard InChI is InChI=1S/C37H66O6/c1-3-4-5-6-7-8-9-10-11-15-18-21-24-33(39)35-26-27-36(43-35)34(40)25-22-19-16-13-12-14-17-20-23-32(38)29-31-28-30(2)42-37(31)41/h15,18,28,30,32-36,38-40H,3-14,16-17,19-27,29H2,1-2H3/b18-15-/t30-,32+,33+,34+,35-,36+/m0/s1. The van der Waals surface area contributed by atoms with Gasteiger partial charge in [-0.25, -0.2) is 4.79 Å². The molecule has 0 unspecified atom stereocenters. The van der Waals surface area contributed by atoms with Crippen molar-refractivity contribution in [2.45, 2.75) is 205 Å². The highest BCUT2D eigenvalue weighted by Crippen LogP contribution is 2.28. The van der Waals surface area contributed by atoms with Crippen LogP contribution in [0.5, 0.6) is 0 Å². The lowest BCUT2D eigenvalue weighted by Gasteiger charge is -2.22. The molecule has 0 amide bonds. The fourth-order valence-electron chi connectivity index (χ4n) is 6.46. The van der Waals surface area contributed by atoms with Gasteiger partial charge >= 0.3 is 5.97 Å². The molecule has 0 saturated carbocycles. The summed E-state index contributed by atoms with van der Waals surface area (Å²) in [6, 6.07) is 0. The zero-order valence-corrected chi connectivity index (χ0v) is 27.7. The summed E-state index contributed by atoms with van der Waals surface area (Å²) in [5.41, 5.74) is 0.615. The first kappa shape index (κ1) is 38.0. The summed E-state index contributed by atoms with van der Waals surface area (Å²) in [6.07, 6.45) is 30.7. The number of cyclic esters (lactones) is 1. The molecule has 1 fully saturated rings. The van der Waals surface area contributed by atoms with E-state index in [1.807, 2.05) is 13.0 Å². The van der Waals surface area contributed by atoms with Gasteiger partial charge in [0.25, 0.3) is 0 Å². The van der Waals surface area contributed by atoms with Crippen LogP contribution in [0.4, 0.5) is 0 Å².